The van der Waals surface area contributed by atoms with Crippen LogP contribution in [0.2, 0.25) is 0 Å². The van der Waals surface area contributed by atoms with Crippen LogP contribution in [0.25, 0.3) is 5.69 Å². The van der Waals surface area contributed by atoms with Crippen molar-refractivity contribution in [2.75, 3.05) is 6.54 Å². The number of aromatic amines is 1. The first-order chi connectivity index (χ1) is 8.22. The van der Waals surface area contributed by atoms with E-state index >= 15 is 0 Å². The van der Waals surface area contributed by atoms with Crippen molar-refractivity contribution in [2.24, 2.45) is 5.73 Å². The molecule has 0 saturated carbocycles. The van der Waals surface area contributed by atoms with E-state index in [4.69, 9.17) is 5.73 Å². The van der Waals surface area contributed by atoms with Gasteiger partial charge in [0.15, 0.2) is 0 Å². The van der Waals surface area contributed by atoms with E-state index in [1.807, 2.05) is 12.1 Å². The summed E-state index contributed by atoms with van der Waals surface area (Å²) in [7, 11) is 0. The molecular weight excluding hydrogens is 214 g/mol. The van der Waals surface area contributed by atoms with Crippen molar-refractivity contribution in [1.29, 1.82) is 0 Å². The number of nitrogens with one attached hydrogen (secondary N) is 1. The maximum atomic E-state index is 11.4. The summed E-state index contributed by atoms with van der Waals surface area (Å²) >= 11 is 0. The van der Waals surface area contributed by atoms with Gasteiger partial charge in [-0.15, -0.1) is 0 Å². The van der Waals surface area contributed by atoms with Gasteiger partial charge >= 0.3 is 5.69 Å². The number of H-pyrrole nitrogens is 1. The molecule has 1 unspecified atom stereocenters. The largest absolute Gasteiger partial charge is 0.330 e. The van der Waals surface area contributed by atoms with Gasteiger partial charge in [0, 0.05) is 12.4 Å². The van der Waals surface area contributed by atoms with Gasteiger partial charge in [-0.05, 0) is 36.6 Å². The molecule has 0 aliphatic rings. The summed E-state index contributed by atoms with van der Waals surface area (Å²) in [5.41, 5.74) is 7.55. The Morgan fingerprint density at radius 3 is 2.59 bits per heavy atom. The van der Waals surface area contributed by atoms with Gasteiger partial charge in [0.25, 0.3) is 0 Å². The zero-order chi connectivity index (χ0) is 12.3. The molecule has 0 bridgehead atoms. The fourth-order valence-corrected chi connectivity index (χ4v) is 1.90. The predicted octanol–water partition coefficient (Wildman–Crippen LogP) is 1.62. The number of benzene rings is 1. The van der Waals surface area contributed by atoms with E-state index in [-0.39, 0.29) is 5.69 Å². The van der Waals surface area contributed by atoms with Gasteiger partial charge in [-0.2, -0.15) is 0 Å². The van der Waals surface area contributed by atoms with Crippen molar-refractivity contribution in [1.82, 2.24) is 9.55 Å². The molecule has 2 aromatic rings. The molecule has 4 nitrogen and oxygen atoms in total. The molecule has 0 amide bonds. The highest BCUT2D eigenvalue weighted by atomic mass is 16.1. The zero-order valence-electron chi connectivity index (χ0n) is 9.89. The zero-order valence-corrected chi connectivity index (χ0v) is 9.89. The van der Waals surface area contributed by atoms with Crippen LogP contribution >= 0.6 is 0 Å². The van der Waals surface area contributed by atoms with Crippen LogP contribution in [0, 0.1) is 0 Å². The second-order valence-electron chi connectivity index (χ2n) is 4.21. The van der Waals surface area contributed by atoms with Gasteiger partial charge < -0.3 is 10.7 Å². The van der Waals surface area contributed by atoms with Crippen LogP contribution in [-0.4, -0.2) is 16.1 Å². The van der Waals surface area contributed by atoms with E-state index < -0.39 is 0 Å². The summed E-state index contributed by atoms with van der Waals surface area (Å²) in [5.74, 6) is 0.456. The van der Waals surface area contributed by atoms with Gasteiger partial charge in [-0.1, -0.05) is 19.1 Å². The number of rotatable bonds is 4. The van der Waals surface area contributed by atoms with Crippen molar-refractivity contribution < 1.29 is 0 Å². The molecule has 0 radical (unpaired) electrons. The number of hydrogen-bond acceptors (Lipinski definition) is 2. The molecular formula is C13H17N3O. The first kappa shape index (κ1) is 11.7. The third-order valence-corrected chi connectivity index (χ3v) is 2.99. The molecule has 1 heterocycles. The normalized spacial score (nSPS) is 12.6. The molecule has 0 aliphatic heterocycles. The molecule has 4 heteroatoms. The van der Waals surface area contributed by atoms with Crippen LogP contribution in [0.1, 0.15) is 24.8 Å². The number of aromatic nitrogens is 2. The van der Waals surface area contributed by atoms with Gasteiger partial charge in [0.2, 0.25) is 0 Å². The van der Waals surface area contributed by atoms with Crippen molar-refractivity contribution in [3.05, 3.63) is 52.7 Å². The Bertz CT molecular complexity index is 524. The fourth-order valence-electron chi connectivity index (χ4n) is 1.90. The fraction of sp³-hybridized carbons (Fsp3) is 0.308. The summed E-state index contributed by atoms with van der Waals surface area (Å²) in [4.78, 5) is 14.0. The molecule has 1 aromatic heterocycles. The van der Waals surface area contributed by atoms with Gasteiger partial charge in [0.1, 0.15) is 0 Å². The second kappa shape index (κ2) is 5.01. The Morgan fingerprint density at radius 2 is 2.06 bits per heavy atom. The Labute approximate surface area is 100 Å². The van der Waals surface area contributed by atoms with Gasteiger partial charge in [-0.25, -0.2) is 4.79 Å². The highest BCUT2D eigenvalue weighted by Crippen LogP contribution is 2.19. The summed E-state index contributed by atoms with van der Waals surface area (Å²) in [5, 5.41) is 0. The average molecular weight is 231 g/mol. The lowest BCUT2D eigenvalue weighted by molar-refractivity contribution is 0.690. The molecule has 2 rings (SSSR count). The Kier molecular flexibility index (Phi) is 3.44. The van der Waals surface area contributed by atoms with Crippen LogP contribution in [0.5, 0.6) is 0 Å². The molecule has 0 saturated heterocycles. The lowest BCUT2D eigenvalue weighted by Gasteiger charge is -2.11. The first-order valence-electron chi connectivity index (χ1n) is 5.79. The SMILES string of the molecule is CC(CCN)c1ccc(-n2cc[nH]c2=O)cc1. The molecule has 1 atom stereocenters. The van der Waals surface area contributed by atoms with E-state index in [1.54, 1.807) is 17.0 Å². The molecule has 0 aliphatic carbocycles. The first-order valence-corrected chi connectivity index (χ1v) is 5.79. The van der Waals surface area contributed by atoms with Crippen molar-refractivity contribution in [3.63, 3.8) is 0 Å². The van der Waals surface area contributed by atoms with Crippen LogP contribution in [0.4, 0.5) is 0 Å². The van der Waals surface area contributed by atoms with E-state index in [1.165, 1.54) is 5.56 Å². The van der Waals surface area contributed by atoms with E-state index in [9.17, 15) is 4.79 Å². The minimum absolute atomic E-state index is 0.118. The summed E-state index contributed by atoms with van der Waals surface area (Å²) in [6.45, 7) is 2.85. The number of hydrogen-bond donors (Lipinski definition) is 2. The minimum Gasteiger partial charge on any atom is -0.330 e. The molecule has 3 N–H and O–H groups in total. The monoisotopic (exact) mass is 231 g/mol. The van der Waals surface area contributed by atoms with E-state index in [2.05, 4.69) is 24.0 Å². The van der Waals surface area contributed by atoms with Crippen LogP contribution < -0.4 is 11.4 Å². The molecule has 0 fully saturated rings. The summed E-state index contributed by atoms with van der Waals surface area (Å²) in [6.07, 6.45) is 4.33. The lowest BCUT2D eigenvalue weighted by Crippen LogP contribution is -2.14. The molecule has 0 spiro atoms. The highest BCUT2D eigenvalue weighted by Gasteiger charge is 2.05. The summed E-state index contributed by atoms with van der Waals surface area (Å²) < 4.78 is 1.58. The lowest BCUT2D eigenvalue weighted by atomic mass is 9.98. The van der Waals surface area contributed by atoms with Crippen molar-refractivity contribution >= 4 is 0 Å². The van der Waals surface area contributed by atoms with Crippen molar-refractivity contribution in [2.45, 2.75) is 19.3 Å². The number of nitrogens with zero attached hydrogens (tertiary/aromatic N) is 1. The third-order valence-electron chi connectivity index (χ3n) is 2.99. The highest BCUT2D eigenvalue weighted by molar-refractivity contribution is 5.35. The minimum atomic E-state index is -0.118. The maximum absolute atomic E-state index is 11.4. The maximum Gasteiger partial charge on any atom is 0.330 e. The molecule has 90 valence electrons. The summed E-state index contributed by atoms with van der Waals surface area (Å²) in [6, 6.07) is 8.01. The third kappa shape index (κ3) is 2.47. The quantitative estimate of drug-likeness (QED) is 0.839. The molecule has 1 aromatic carbocycles. The Hall–Kier alpha value is -1.81. The number of nitrogens with two attached hydrogens (primary N) is 1. The van der Waals surface area contributed by atoms with Gasteiger partial charge in [0.05, 0.1) is 5.69 Å². The Balaban J connectivity index is 2.24. The van der Waals surface area contributed by atoms with Crippen molar-refractivity contribution in [3.8, 4) is 5.69 Å². The number of imidazole rings is 1. The predicted molar refractivity (Wildman–Crippen MR) is 68.5 cm³/mol. The topological polar surface area (TPSA) is 63.8 Å². The van der Waals surface area contributed by atoms with Crippen LogP contribution in [0.15, 0.2) is 41.5 Å². The van der Waals surface area contributed by atoms with E-state index in [0.717, 1.165) is 12.1 Å². The van der Waals surface area contributed by atoms with Gasteiger partial charge in [-0.3, -0.25) is 4.57 Å². The van der Waals surface area contributed by atoms with Crippen LogP contribution in [-0.2, 0) is 0 Å². The Morgan fingerprint density at radius 1 is 1.35 bits per heavy atom. The second-order valence-corrected chi connectivity index (χ2v) is 4.21. The molecule has 17 heavy (non-hydrogen) atoms. The standard InChI is InChI=1S/C13H17N3O/c1-10(6-7-14)11-2-4-12(5-3-11)16-9-8-15-13(16)17/h2-5,8-10H,6-7,14H2,1H3,(H,15,17). The average Bonchev–Trinajstić information content (AvgIpc) is 2.76. The van der Waals surface area contributed by atoms with E-state index in [0.29, 0.717) is 12.5 Å². The smallest absolute Gasteiger partial charge is 0.330 e. The van der Waals surface area contributed by atoms with Crippen LogP contribution in [0.3, 0.4) is 0 Å².